The van der Waals surface area contributed by atoms with E-state index >= 15 is 0 Å². The first-order valence-electron chi connectivity index (χ1n) is 8.34. The maximum absolute atomic E-state index is 12.4. The molecular weight excluding hydrogens is 340 g/mol. The van der Waals surface area contributed by atoms with Gasteiger partial charge in [-0.05, 0) is 49.2 Å². The predicted molar refractivity (Wildman–Crippen MR) is 96.5 cm³/mol. The van der Waals surface area contributed by atoms with E-state index in [4.69, 9.17) is 4.74 Å². The van der Waals surface area contributed by atoms with Crippen LogP contribution in [-0.4, -0.2) is 38.8 Å². The number of methoxy groups -OCH3 is 1. The molecule has 1 aromatic heterocycles. The third-order valence-electron chi connectivity index (χ3n) is 4.19. The molecule has 2 heterocycles. The molecule has 1 aliphatic heterocycles. The number of rotatable bonds is 5. The van der Waals surface area contributed by atoms with Crippen molar-refractivity contribution in [2.24, 2.45) is 0 Å². The Morgan fingerprint density at radius 2 is 1.64 bits per heavy atom. The summed E-state index contributed by atoms with van der Waals surface area (Å²) in [6.45, 7) is 1.93. The fourth-order valence-electron chi connectivity index (χ4n) is 2.80. The summed E-state index contributed by atoms with van der Waals surface area (Å²) in [4.78, 5) is 2.34. The van der Waals surface area contributed by atoms with Crippen LogP contribution in [0.2, 0.25) is 0 Å². The Morgan fingerprint density at radius 3 is 2.20 bits per heavy atom. The molecule has 0 amide bonds. The van der Waals surface area contributed by atoms with Crippen LogP contribution in [0.4, 0.5) is 11.6 Å². The van der Waals surface area contributed by atoms with E-state index in [1.165, 1.54) is 32.1 Å². The lowest BCUT2D eigenvalue weighted by molar-refractivity contribution is 0.414. The van der Waals surface area contributed by atoms with Gasteiger partial charge in [0.25, 0.3) is 10.0 Å². The van der Waals surface area contributed by atoms with Crippen molar-refractivity contribution in [2.75, 3.05) is 29.8 Å². The lowest BCUT2D eigenvalue weighted by Gasteiger charge is -2.20. The molecular formula is C17H22N4O3S. The van der Waals surface area contributed by atoms with Crippen molar-refractivity contribution in [3.05, 3.63) is 36.4 Å². The molecule has 1 N–H and O–H groups in total. The smallest absolute Gasteiger partial charge is 0.263 e. The standard InChI is InChI=1S/C17H22N4O3S/c1-24-14-6-8-15(9-7-14)25(22,23)20-16-10-11-17(19-18-16)21-12-4-2-3-5-13-21/h6-11H,2-5,12-13H2,1H3,(H,18,20). The molecule has 25 heavy (non-hydrogen) atoms. The van der Waals surface area contributed by atoms with Gasteiger partial charge in [0.2, 0.25) is 0 Å². The number of hydrogen-bond acceptors (Lipinski definition) is 6. The summed E-state index contributed by atoms with van der Waals surface area (Å²) >= 11 is 0. The predicted octanol–water partition coefficient (Wildman–Crippen LogP) is 2.67. The molecule has 0 unspecified atom stereocenters. The summed E-state index contributed by atoms with van der Waals surface area (Å²) in [5, 5.41) is 8.20. The Labute approximate surface area is 148 Å². The van der Waals surface area contributed by atoms with E-state index in [0.29, 0.717) is 5.75 Å². The summed E-state index contributed by atoms with van der Waals surface area (Å²) in [5.41, 5.74) is 0. The number of aromatic nitrogens is 2. The third kappa shape index (κ3) is 4.39. The molecule has 1 aromatic carbocycles. The van der Waals surface area contributed by atoms with E-state index in [-0.39, 0.29) is 10.7 Å². The fourth-order valence-corrected chi connectivity index (χ4v) is 3.80. The zero-order chi connectivity index (χ0) is 17.7. The molecule has 7 nitrogen and oxygen atoms in total. The lowest BCUT2D eigenvalue weighted by Crippen LogP contribution is -2.25. The monoisotopic (exact) mass is 362 g/mol. The highest BCUT2D eigenvalue weighted by atomic mass is 32.2. The van der Waals surface area contributed by atoms with Crippen molar-refractivity contribution in [3.63, 3.8) is 0 Å². The fraction of sp³-hybridized carbons (Fsp3) is 0.412. The van der Waals surface area contributed by atoms with E-state index in [9.17, 15) is 8.42 Å². The van der Waals surface area contributed by atoms with Gasteiger partial charge in [-0.3, -0.25) is 4.72 Å². The highest BCUT2D eigenvalue weighted by molar-refractivity contribution is 7.92. The van der Waals surface area contributed by atoms with Crippen LogP contribution in [0.1, 0.15) is 25.7 Å². The first-order valence-corrected chi connectivity index (χ1v) is 9.82. The van der Waals surface area contributed by atoms with Crippen LogP contribution in [0.15, 0.2) is 41.3 Å². The number of nitrogens with one attached hydrogen (secondary N) is 1. The summed E-state index contributed by atoms with van der Waals surface area (Å²) in [5.74, 6) is 1.59. The molecule has 1 fully saturated rings. The average molecular weight is 362 g/mol. The number of ether oxygens (including phenoxy) is 1. The molecule has 1 aliphatic rings. The minimum atomic E-state index is -3.70. The summed E-state index contributed by atoms with van der Waals surface area (Å²) < 4.78 is 32.3. The van der Waals surface area contributed by atoms with Gasteiger partial charge in [-0.1, -0.05) is 12.8 Å². The molecule has 0 radical (unpaired) electrons. The largest absolute Gasteiger partial charge is 0.497 e. The van der Waals surface area contributed by atoms with E-state index < -0.39 is 10.0 Å². The number of benzene rings is 1. The second-order valence-corrected chi connectivity index (χ2v) is 7.64. The first-order chi connectivity index (χ1) is 12.1. The first kappa shape index (κ1) is 17.5. The molecule has 0 atom stereocenters. The van der Waals surface area contributed by atoms with Gasteiger partial charge in [0, 0.05) is 13.1 Å². The van der Waals surface area contributed by atoms with Crippen molar-refractivity contribution in [2.45, 2.75) is 30.6 Å². The van der Waals surface area contributed by atoms with Crippen LogP contribution in [0.3, 0.4) is 0 Å². The maximum atomic E-state index is 12.4. The number of anilines is 2. The Hall–Kier alpha value is -2.35. The second-order valence-electron chi connectivity index (χ2n) is 5.96. The highest BCUT2D eigenvalue weighted by Gasteiger charge is 2.16. The minimum Gasteiger partial charge on any atom is -0.497 e. The van der Waals surface area contributed by atoms with Crippen molar-refractivity contribution in [1.29, 1.82) is 0 Å². The molecule has 0 bridgehead atoms. The van der Waals surface area contributed by atoms with Crippen LogP contribution >= 0.6 is 0 Å². The zero-order valence-electron chi connectivity index (χ0n) is 14.2. The van der Waals surface area contributed by atoms with Crippen LogP contribution in [-0.2, 0) is 10.0 Å². The van der Waals surface area contributed by atoms with Gasteiger partial charge in [0.1, 0.15) is 5.75 Å². The van der Waals surface area contributed by atoms with Gasteiger partial charge in [0.05, 0.1) is 12.0 Å². The number of sulfonamides is 1. The van der Waals surface area contributed by atoms with E-state index in [1.807, 2.05) is 6.07 Å². The molecule has 134 valence electrons. The van der Waals surface area contributed by atoms with Crippen molar-refractivity contribution in [3.8, 4) is 5.75 Å². The van der Waals surface area contributed by atoms with Crippen LogP contribution in [0.5, 0.6) is 5.75 Å². The van der Waals surface area contributed by atoms with E-state index in [2.05, 4.69) is 19.8 Å². The molecule has 0 aliphatic carbocycles. The Morgan fingerprint density at radius 1 is 0.960 bits per heavy atom. The van der Waals surface area contributed by atoms with Crippen molar-refractivity contribution >= 4 is 21.7 Å². The van der Waals surface area contributed by atoms with Crippen LogP contribution < -0.4 is 14.4 Å². The van der Waals surface area contributed by atoms with E-state index in [0.717, 1.165) is 31.7 Å². The summed E-state index contributed by atoms with van der Waals surface area (Å²) in [6.07, 6.45) is 4.77. The SMILES string of the molecule is COc1ccc(S(=O)(=O)Nc2ccc(N3CCCCCC3)nn2)cc1. The highest BCUT2D eigenvalue weighted by Crippen LogP contribution is 2.20. The Kier molecular flexibility index (Phi) is 5.37. The molecule has 0 spiro atoms. The number of hydrogen-bond donors (Lipinski definition) is 1. The molecule has 3 rings (SSSR count). The molecule has 2 aromatic rings. The molecule has 0 saturated carbocycles. The third-order valence-corrected chi connectivity index (χ3v) is 5.56. The van der Waals surface area contributed by atoms with E-state index in [1.54, 1.807) is 18.2 Å². The van der Waals surface area contributed by atoms with Gasteiger partial charge in [-0.25, -0.2) is 8.42 Å². The Bertz CT molecular complexity index is 784. The van der Waals surface area contributed by atoms with Gasteiger partial charge >= 0.3 is 0 Å². The van der Waals surface area contributed by atoms with Crippen LogP contribution in [0, 0.1) is 0 Å². The summed E-state index contributed by atoms with van der Waals surface area (Å²) in [6, 6.07) is 9.63. The quantitative estimate of drug-likeness (QED) is 0.880. The Balaban J connectivity index is 1.71. The second kappa shape index (κ2) is 7.69. The van der Waals surface area contributed by atoms with Gasteiger partial charge in [-0.15, -0.1) is 10.2 Å². The zero-order valence-corrected chi connectivity index (χ0v) is 15.0. The van der Waals surface area contributed by atoms with Gasteiger partial charge < -0.3 is 9.64 Å². The minimum absolute atomic E-state index is 0.145. The normalized spacial score (nSPS) is 15.5. The number of nitrogens with zero attached hydrogens (tertiary/aromatic N) is 3. The van der Waals surface area contributed by atoms with Gasteiger partial charge in [-0.2, -0.15) is 0 Å². The van der Waals surface area contributed by atoms with Crippen molar-refractivity contribution < 1.29 is 13.2 Å². The molecule has 1 saturated heterocycles. The van der Waals surface area contributed by atoms with Crippen molar-refractivity contribution in [1.82, 2.24) is 10.2 Å². The van der Waals surface area contributed by atoms with Crippen LogP contribution in [0.25, 0.3) is 0 Å². The summed E-state index contributed by atoms with van der Waals surface area (Å²) in [7, 11) is -2.17. The molecule has 8 heteroatoms. The van der Waals surface area contributed by atoms with Gasteiger partial charge in [0.15, 0.2) is 11.6 Å². The maximum Gasteiger partial charge on any atom is 0.263 e. The lowest BCUT2D eigenvalue weighted by atomic mass is 10.2. The topological polar surface area (TPSA) is 84.4 Å². The average Bonchev–Trinajstić information content (AvgIpc) is 2.91.